The predicted octanol–water partition coefficient (Wildman–Crippen LogP) is 1.48. The topological polar surface area (TPSA) is 93.5 Å². The molecule has 1 aliphatic rings. The monoisotopic (exact) mass is 293 g/mol. The summed E-state index contributed by atoms with van der Waals surface area (Å²) < 4.78 is 5.73. The molecular formula is C14H19N3O4. The van der Waals surface area contributed by atoms with Crippen LogP contribution in [-0.4, -0.2) is 36.6 Å². The molecule has 7 heteroatoms. The Bertz CT molecular complexity index is 527. The van der Waals surface area contributed by atoms with E-state index < -0.39 is 4.92 Å². The summed E-state index contributed by atoms with van der Waals surface area (Å²) in [7, 11) is 0. The van der Waals surface area contributed by atoms with Crippen LogP contribution in [0.1, 0.15) is 30.1 Å². The maximum absolute atomic E-state index is 11.8. The number of ether oxygens (including phenoxy) is 1. The van der Waals surface area contributed by atoms with Crippen molar-refractivity contribution in [1.29, 1.82) is 0 Å². The van der Waals surface area contributed by atoms with Gasteiger partial charge < -0.3 is 15.4 Å². The van der Waals surface area contributed by atoms with Gasteiger partial charge in [-0.05, 0) is 32.4 Å². The second-order valence-electron chi connectivity index (χ2n) is 4.89. The SMILES string of the molecule is CCNC(=O)c1ccc([N+](=O)[O-])c(O[C@H]2CCCNC2)c1. The molecule has 1 amide bonds. The number of hydrogen-bond acceptors (Lipinski definition) is 5. The van der Waals surface area contributed by atoms with Gasteiger partial charge in [-0.1, -0.05) is 0 Å². The number of nitro benzene ring substituents is 1. The van der Waals surface area contributed by atoms with E-state index in [1.807, 2.05) is 6.92 Å². The molecule has 21 heavy (non-hydrogen) atoms. The van der Waals surface area contributed by atoms with Gasteiger partial charge in [0.25, 0.3) is 5.91 Å². The first-order valence-electron chi connectivity index (χ1n) is 7.06. The minimum absolute atomic E-state index is 0.109. The molecule has 1 aromatic rings. The maximum Gasteiger partial charge on any atom is 0.310 e. The summed E-state index contributed by atoms with van der Waals surface area (Å²) >= 11 is 0. The number of hydrogen-bond donors (Lipinski definition) is 2. The van der Waals surface area contributed by atoms with Crippen molar-refractivity contribution in [3.05, 3.63) is 33.9 Å². The Morgan fingerprint density at radius 1 is 1.57 bits per heavy atom. The third kappa shape index (κ3) is 3.91. The van der Waals surface area contributed by atoms with Crippen LogP contribution in [0.5, 0.6) is 5.75 Å². The van der Waals surface area contributed by atoms with Crippen molar-refractivity contribution >= 4 is 11.6 Å². The van der Waals surface area contributed by atoms with Crippen LogP contribution in [0.3, 0.4) is 0 Å². The molecule has 0 radical (unpaired) electrons. The summed E-state index contributed by atoms with van der Waals surface area (Å²) in [4.78, 5) is 22.4. The second kappa shape index (κ2) is 7.03. The Kier molecular flexibility index (Phi) is 5.10. The van der Waals surface area contributed by atoms with Crippen LogP contribution < -0.4 is 15.4 Å². The fourth-order valence-corrected chi connectivity index (χ4v) is 2.26. The van der Waals surface area contributed by atoms with Gasteiger partial charge in [-0.3, -0.25) is 14.9 Å². The Hall–Kier alpha value is -2.15. The summed E-state index contributed by atoms with van der Waals surface area (Å²) in [5.74, 6) is -0.114. The van der Waals surface area contributed by atoms with Crippen molar-refractivity contribution in [1.82, 2.24) is 10.6 Å². The first-order chi connectivity index (χ1) is 10.1. The molecule has 1 aliphatic heterocycles. The molecule has 0 unspecified atom stereocenters. The average Bonchev–Trinajstić information content (AvgIpc) is 2.48. The number of benzene rings is 1. The van der Waals surface area contributed by atoms with E-state index in [4.69, 9.17) is 4.74 Å². The average molecular weight is 293 g/mol. The Morgan fingerprint density at radius 2 is 2.38 bits per heavy atom. The molecule has 2 N–H and O–H groups in total. The van der Waals surface area contributed by atoms with E-state index in [0.29, 0.717) is 18.7 Å². The number of carbonyl (C=O) groups is 1. The largest absolute Gasteiger partial charge is 0.482 e. The molecule has 1 heterocycles. The van der Waals surface area contributed by atoms with Crippen molar-refractivity contribution in [3.8, 4) is 5.75 Å². The number of nitrogens with one attached hydrogen (secondary N) is 2. The molecule has 0 bridgehead atoms. The first kappa shape index (κ1) is 15.2. The smallest absolute Gasteiger partial charge is 0.310 e. The van der Waals surface area contributed by atoms with Gasteiger partial charge in [0.1, 0.15) is 6.10 Å². The minimum atomic E-state index is -0.493. The van der Waals surface area contributed by atoms with Crippen LogP contribution in [0.4, 0.5) is 5.69 Å². The van der Waals surface area contributed by atoms with Crippen LogP contribution in [0.15, 0.2) is 18.2 Å². The van der Waals surface area contributed by atoms with E-state index in [1.165, 1.54) is 18.2 Å². The van der Waals surface area contributed by atoms with Crippen LogP contribution >= 0.6 is 0 Å². The second-order valence-corrected chi connectivity index (χ2v) is 4.89. The highest BCUT2D eigenvalue weighted by molar-refractivity contribution is 5.95. The number of nitro groups is 1. The van der Waals surface area contributed by atoms with Crippen molar-refractivity contribution in [2.24, 2.45) is 0 Å². The van der Waals surface area contributed by atoms with Crippen LogP contribution in [-0.2, 0) is 0 Å². The Morgan fingerprint density at radius 3 is 3.00 bits per heavy atom. The molecule has 114 valence electrons. The van der Waals surface area contributed by atoms with E-state index in [9.17, 15) is 14.9 Å². The molecule has 0 aliphatic carbocycles. The summed E-state index contributed by atoms with van der Waals surface area (Å²) in [6, 6.07) is 4.20. The van der Waals surface area contributed by atoms with Gasteiger partial charge in [0.15, 0.2) is 5.75 Å². The van der Waals surface area contributed by atoms with Gasteiger partial charge in [0.2, 0.25) is 0 Å². The van der Waals surface area contributed by atoms with Crippen LogP contribution in [0, 0.1) is 10.1 Å². The highest BCUT2D eigenvalue weighted by Gasteiger charge is 2.22. The third-order valence-electron chi connectivity index (χ3n) is 3.30. The van der Waals surface area contributed by atoms with E-state index in [2.05, 4.69) is 10.6 Å². The molecule has 1 aromatic carbocycles. The number of nitrogens with zero attached hydrogens (tertiary/aromatic N) is 1. The van der Waals surface area contributed by atoms with Gasteiger partial charge in [-0.2, -0.15) is 0 Å². The third-order valence-corrected chi connectivity index (χ3v) is 3.30. The predicted molar refractivity (Wildman–Crippen MR) is 77.6 cm³/mol. The van der Waals surface area contributed by atoms with E-state index in [1.54, 1.807) is 0 Å². The molecule has 2 rings (SSSR count). The number of carbonyl (C=O) groups excluding carboxylic acids is 1. The molecule has 0 spiro atoms. The highest BCUT2D eigenvalue weighted by Crippen LogP contribution is 2.29. The van der Waals surface area contributed by atoms with Gasteiger partial charge in [0, 0.05) is 30.8 Å². The fraction of sp³-hybridized carbons (Fsp3) is 0.500. The summed E-state index contributed by atoms with van der Waals surface area (Å²) in [5.41, 5.74) is 0.245. The summed E-state index contributed by atoms with van der Waals surface area (Å²) in [5, 5.41) is 16.9. The highest BCUT2D eigenvalue weighted by atomic mass is 16.6. The molecule has 1 saturated heterocycles. The lowest BCUT2D eigenvalue weighted by Crippen LogP contribution is -2.37. The quantitative estimate of drug-likeness (QED) is 0.633. The summed E-state index contributed by atoms with van der Waals surface area (Å²) in [6.45, 7) is 3.90. The van der Waals surface area contributed by atoms with E-state index in [-0.39, 0.29) is 23.4 Å². The standard InChI is InChI=1S/C14H19N3O4/c1-2-16-14(18)10-5-6-12(17(19)20)13(8-10)21-11-4-3-7-15-9-11/h5-6,8,11,15H,2-4,7,9H2,1H3,(H,16,18)/t11-/m0/s1. The molecule has 0 saturated carbocycles. The van der Waals surface area contributed by atoms with Crippen LogP contribution in [0.2, 0.25) is 0 Å². The Balaban J connectivity index is 2.23. The minimum Gasteiger partial charge on any atom is -0.482 e. The van der Waals surface area contributed by atoms with Gasteiger partial charge in [-0.15, -0.1) is 0 Å². The Labute approximate surface area is 122 Å². The molecule has 1 fully saturated rings. The molecule has 7 nitrogen and oxygen atoms in total. The van der Waals surface area contributed by atoms with Gasteiger partial charge in [-0.25, -0.2) is 0 Å². The van der Waals surface area contributed by atoms with Crippen molar-refractivity contribution < 1.29 is 14.5 Å². The number of amides is 1. The molecular weight excluding hydrogens is 274 g/mol. The lowest BCUT2D eigenvalue weighted by atomic mass is 10.1. The zero-order valence-corrected chi connectivity index (χ0v) is 11.9. The number of piperidine rings is 1. The fourth-order valence-electron chi connectivity index (χ4n) is 2.26. The van der Waals surface area contributed by atoms with Gasteiger partial charge in [0.05, 0.1) is 4.92 Å². The lowest BCUT2D eigenvalue weighted by molar-refractivity contribution is -0.386. The van der Waals surface area contributed by atoms with Crippen molar-refractivity contribution in [2.75, 3.05) is 19.6 Å². The van der Waals surface area contributed by atoms with E-state index >= 15 is 0 Å². The molecule has 0 aromatic heterocycles. The van der Waals surface area contributed by atoms with Crippen molar-refractivity contribution in [2.45, 2.75) is 25.9 Å². The van der Waals surface area contributed by atoms with Crippen LogP contribution in [0.25, 0.3) is 0 Å². The zero-order chi connectivity index (χ0) is 15.2. The van der Waals surface area contributed by atoms with Crippen molar-refractivity contribution in [3.63, 3.8) is 0 Å². The maximum atomic E-state index is 11.8. The normalized spacial score (nSPS) is 18.0. The zero-order valence-electron chi connectivity index (χ0n) is 11.9. The number of rotatable bonds is 5. The lowest BCUT2D eigenvalue weighted by Gasteiger charge is -2.23. The summed E-state index contributed by atoms with van der Waals surface area (Å²) in [6.07, 6.45) is 1.70. The van der Waals surface area contributed by atoms with E-state index in [0.717, 1.165) is 19.4 Å². The van der Waals surface area contributed by atoms with Gasteiger partial charge >= 0.3 is 5.69 Å². The molecule has 1 atom stereocenters. The first-order valence-corrected chi connectivity index (χ1v) is 7.06.